The number of thioether (sulfide) groups is 1. The molecule has 2 rings (SSSR count). The van der Waals surface area contributed by atoms with Gasteiger partial charge in [0.25, 0.3) is 0 Å². The molecule has 1 aromatic carbocycles. The molecule has 114 valence electrons. The van der Waals surface area contributed by atoms with Crippen LogP contribution in [0.15, 0.2) is 23.1 Å². The highest BCUT2D eigenvalue weighted by Gasteiger charge is 2.21. The summed E-state index contributed by atoms with van der Waals surface area (Å²) in [6.45, 7) is 2.01. The largest absolute Gasteiger partial charge is 0.384 e. The van der Waals surface area contributed by atoms with Gasteiger partial charge >= 0.3 is 0 Å². The number of nitrogens with one attached hydrogen (secondary N) is 1. The van der Waals surface area contributed by atoms with E-state index in [1.165, 1.54) is 0 Å². The van der Waals surface area contributed by atoms with Crippen LogP contribution in [0.1, 0.15) is 17.5 Å². The van der Waals surface area contributed by atoms with Crippen molar-refractivity contribution in [2.75, 3.05) is 24.7 Å². The lowest BCUT2D eigenvalue weighted by Gasteiger charge is -2.12. The molecule has 1 heterocycles. The van der Waals surface area contributed by atoms with Gasteiger partial charge in [-0.15, -0.1) is 0 Å². The highest BCUT2D eigenvalue weighted by molar-refractivity contribution is 7.99. The third kappa shape index (κ3) is 4.48. The normalized spacial score (nSPS) is 18.3. The summed E-state index contributed by atoms with van der Waals surface area (Å²) >= 11 is 1.87. The highest BCUT2D eigenvalue weighted by Crippen LogP contribution is 2.23. The molecule has 21 heavy (non-hydrogen) atoms. The summed E-state index contributed by atoms with van der Waals surface area (Å²) < 4.78 is 27.5. The molecule has 0 amide bonds. The molecule has 6 heteroatoms. The van der Waals surface area contributed by atoms with Gasteiger partial charge < -0.3 is 5.11 Å². The minimum atomic E-state index is -3.52. The number of aliphatic hydroxyl groups excluding tert-OH is 1. The number of aryl methyl sites for hydroxylation is 1. The molecule has 1 aliphatic heterocycles. The van der Waals surface area contributed by atoms with Crippen LogP contribution >= 0.6 is 11.8 Å². The first-order valence-corrected chi connectivity index (χ1v) is 9.44. The maximum Gasteiger partial charge on any atom is 0.240 e. The Morgan fingerprint density at radius 3 is 2.95 bits per heavy atom. The van der Waals surface area contributed by atoms with Crippen molar-refractivity contribution in [1.29, 1.82) is 0 Å². The Hall–Kier alpha value is -1.000. The highest BCUT2D eigenvalue weighted by atomic mass is 32.2. The second kappa shape index (κ2) is 7.32. The van der Waals surface area contributed by atoms with Crippen LogP contribution in [0.3, 0.4) is 0 Å². The molecule has 1 aromatic rings. The molecule has 0 spiro atoms. The Morgan fingerprint density at radius 2 is 2.29 bits per heavy atom. The lowest BCUT2D eigenvalue weighted by atomic mass is 10.1. The molecule has 1 aliphatic rings. The molecule has 4 nitrogen and oxygen atoms in total. The summed E-state index contributed by atoms with van der Waals surface area (Å²) in [6, 6.07) is 5.05. The number of hydrogen-bond donors (Lipinski definition) is 2. The standard InChI is InChI=1S/C15H19NO3S2/c1-12-4-5-13(3-2-7-17)9-15(12)21(18,19)16-10-14-6-8-20-11-14/h4-5,9,14,16-17H,6-8,10-11H2,1H3. The number of benzene rings is 1. The number of hydrogen-bond acceptors (Lipinski definition) is 4. The van der Waals surface area contributed by atoms with Gasteiger partial charge in [0.15, 0.2) is 0 Å². The summed E-state index contributed by atoms with van der Waals surface area (Å²) in [4.78, 5) is 0.262. The van der Waals surface area contributed by atoms with E-state index < -0.39 is 10.0 Å². The van der Waals surface area contributed by atoms with Gasteiger partial charge in [-0.05, 0) is 48.5 Å². The van der Waals surface area contributed by atoms with Gasteiger partial charge in [-0.2, -0.15) is 11.8 Å². The molecule has 0 radical (unpaired) electrons. The van der Waals surface area contributed by atoms with Gasteiger partial charge in [-0.25, -0.2) is 13.1 Å². The first-order chi connectivity index (χ1) is 10.0. The van der Waals surface area contributed by atoms with Gasteiger partial charge in [0.05, 0.1) is 4.90 Å². The Bertz CT molecular complexity index is 653. The smallest absolute Gasteiger partial charge is 0.240 e. The summed E-state index contributed by atoms with van der Waals surface area (Å²) in [7, 11) is -3.52. The lowest BCUT2D eigenvalue weighted by molar-refractivity contribution is 0.350. The van der Waals surface area contributed by atoms with Crippen LogP contribution in [0.5, 0.6) is 0 Å². The van der Waals surface area contributed by atoms with E-state index in [0.717, 1.165) is 17.9 Å². The molecule has 0 aliphatic carbocycles. The number of sulfonamides is 1. The summed E-state index contributed by atoms with van der Waals surface area (Å²) in [5, 5.41) is 8.71. The fourth-order valence-corrected chi connectivity index (χ4v) is 4.83. The third-order valence-corrected chi connectivity index (χ3v) is 6.17. The predicted octanol–water partition coefficient (Wildman–Crippen LogP) is 1.37. The monoisotopic (exact) mass is 325 g/mol. The second-order valence-electron chi connectivity index (χ2n) is 5.02. The predicted molar refractivity (Wildman–Crippen MR) is 85.8 cm³/mol. The first-order valence-electron chi connectivity index (χ1n) is 6.81. The minimum absolute atomic E-state index is 0.243. The minimum Gasteiger partial charge on any atom is -0.384 e. The molecule has 0 bridgehead atoms. The first kappa shape index (κ1) is 16.4. The van der Waals surface area contributed by atoms with Crippen molar-refractivity contribution in [2.45, 2.75) is 18.2 Å². The molecule has 2 N–H and O–H groups in total. The molecular formula is C15H19NO3S2. The molecule has 1 unspecified atom stereocenters. The molecule has 1 atom stereocenters. The second-order valence-corrected chi connectivity index (χ2v) is 7.91. The van der Waals surface area contributed by atoms with Crippen LogP contribution in [0.4, 0.5) is 0 Å². The zero-order chi connectivity index (χ0) is 15.3. The SMILES string of the molecule is Cc1ccc(C#CCO)cc1S(=O)(=O)NCC1CCSC1. The Balaban J connectivity index is 2.17. The van der Waals surface area contributed by atoms with Gasteiger partial charge in [-0.1, -0.05) is 17.9 Å². The average Bonchev–Trinajstić information content (AvgIpc) is 2.97. The zero-order valence-electron chi connectivity index (χ0n) is 11.9. The van der Waals surface area contributed by atoms with Crippen molar-refractivity contribution in [3.8, 4) is 11.8 Å². The van der Waals surface area contributed by atoms with E-state index in [1.54, 1.807) is 25.1 Å². The van der Waals surface area contributed by atoms with Crippen molar-refractivity contribution in [3.05, 3.63) is 29.3 Å². The van der Waals surface area contributed by atoms with Gasteiger partial charge in [0.1, 0.15) is 6.61 Å². The van der Waals surface area contributed by atoms with Crippen LogP contribution in [0, 0.1) is 24.7 Å². The summed E-state index contributed by atoms with van der Waals surface area (Å²) in [5.41, 5.74) is 1.28. The molecule has 0 saturated carbocycles. The summed E-state index contributed by atoms with van der Waals surface area (Å²) in [5.74, 6) is 7.81. The van der Waals surface area contributed by atoms with Gasteiger partial charge in [-0.3, -0.25) is 0 Å². The average molecular weight is 325 g/mol. The topological polar surface area (TPSA) is 66.4 Å². The van der Waals surface area contributed by atoms with Crippen LogP contribution in [0.25, 0.3) is 0 Å². The zero-order valence-corrected chi connectivity index (χ0v) is 13.6. The molecule has 0 aromatic heterocycles. The Labute approximate surface area is 130 Å². The number of rotatable bonds is 4. The van der Waals surface area contributed by atoms with Crippen molar-refractivity contribution < 1.29 is 13.5 Å². The van der Waals surface area contributed by atoms with E-state index >= 15 is 0 Å². The van der Waals surface area contributed by atoms with E-state index in [-0.39, 0.29) is 11.5 Å². The molecule has 1 fully saturated rings. The third-order valence-electron chi connectivity index (χ3n) is 3.38. The van der Waals surface area contributed by atoms with Crippen molar-refractivity contribution in [2.24, 2.45) is 5.92 Å². The lowest BCUT2D eigenvalue weighted by Crippen LogP contribution is -2.30. The Kier molecular flexibility index (Phi) is 5.71. The molecular weight excluding hydrogens is 306 g/mol. The van der Waals surface area contributed by atoms with E-state index in [0.29, 0.717) is 23.6 Å². The maximum atomic E-state index is 12.4. The van der Waals surface area contributed by atoms with Crippen LogP contribution in [0.2, 0.25) is 0 Å². The van der Waals surface area contributed by atoms with Gasteiger partial charge in [0, 0.05) is 12.1 Å². The summed E-state index contributed by atoms with van der Waals surface area (Å²) in [6.07, 6.45) is 1.06. The maximum absolute atomic E-state index is 12.4. The fourth-order valence-electron chi connectivity index (χ4n) is 2.16. The van der Waals surface area contributed by atoms with Crippen molar-refractivity contribution in [1.82, 2.24) is 4.72 Å². The van der Waals surface area contributed by atoms with E-state index in [2.05, 4.69) is 16.6 Å². The Morgan fingerprint density at radius 1 is 1.48 bits per heavy atom. The quantitative estimate of drug-likeness (QED) is 0.821. The van der Waals surface area contributed by atoms with Gasteiger partial charge in [0.2, 0.25) is 10.0 Å². The van der Waals surface area contributed by atoms with Crippen LogP contribution in [-0.4, -0.2) is 38.2 Å². The number of aliphatic hydroxyl groups is 1. The van der Waals surface area contributed by atoms with E-state index in [9.17, 15) is 8.42 Å². The van der Waals surface area contributed by atoms with Crippen LogP contribution in [-0.2, 0) is 10.0 Å². The van der Waals surface area contributed by atoms with E-state index in [4.69, 9.17) is 5.11 Å². The molecule has 1 saturated heterocycles. The van der Waals surface area contributed by atoms with Crippen molar-refractivity contribution >= 4 is 21.8 Å². The van der Waals surface area contributed by atoms with Crippen LogP contribution < -0.4 is 4.72 Å². The fraction of sp³-hybridized carbons (Fsp3) is 0.467. The van der Waals surface area contributed by atoms with E-state index in [1.807, 2.05) is 11.8 Å². The van der Waals surface area contributed by atoms with Crippen molar-refractivity contribution in [3.63, 3.8) is 0 Å².